The van der Waals surface area contributed by atoms with Crippen molar-refractivity contribution in [1.29, 1.82) is 0 Å². The number of fused-ring (bicyclic) bond motifs is 2. The first-order valence-corrected chi connectivity index (χ1v) is 6.56. The zero-order valence-electron chi connectivity index (χ0n) is 9.16. The minimum Gasteiger partial charge on any atom is -0.374 e. The van der Waals surface area contributed by atoms with Crippen molar-refractivity contribution in [2.45, 2.75) is 31.5 Å². The third kappa shape index (κ3) is 1.88. The molecule has 2 bridgehead atoms. The number of rotatable bonds is 2. The molecule has 1 aromatic carbocycles. The number of hydrogen-bond acceptors (Lipinski definition) is 2. The molecule has 0 amide bonds. The van der Waals surface area contributed by atoms with E-state index < -0.39 is 0 Å². The van der Waals surface area contributed by atoms with Gasteiger partial charge in [0.1, 0.15) is 0 Å². The minimum absolute atomic E-state index is 0.0373. The molecular formula is C13H12Cl2O2. The van der Waals surface area contributed by atoms with Gasteiger partial charge in [-0.2, -0.15) is 0 Å². The van der Waals surface area contributed by atoms with Gasteiger partial charge in [0.25, 0.3) is 0 Å². The molecule has 90 valence electrons. The second kappa shape index (κ2) is 4.27. The van der Waals surface area contributed by atoms with Gasteiger partial charge in [0.05, 0.1) is 28.2 Å². The molecule has 2 saturated heterocycles. The van der Waals surface area contributed by atoms with E-state index in [1.54, 1.807) is 18.2 Å². The van der Waals surface area contributed by atoms with Crippen molar-refractivity contribution in [1.82, 2.24) is 0 Å². The van der Waals surface area contributed by atoms with Crippen molar-refractivity contribution in [2.24, 2.45) is 5.92 Å². The summed E-state index contributed by atoms with van der Waals surface area (Å²) in [7, 11) is 0. The van der Waals surface area contributed by atoms with Crippen LogP contribution >= 0.6 is 23.2 Å². The zero-order valence-corrected chi connectivity index (χ0v) is 10.7. The number of carbonyl (C=O) groups excluding carboxylic acids is 1. The molecule has 0 spiro atoms. The summed E-state index contributed by atoms with van der Waals surface area (Å²) in [6.07, 6.45) is 3.25. The lowest BCUT2D eigenvalue weighted by molar-refractivity contribution is 0.0743. The number of Topliss-reactive ketones (excluding diaryl/α,β-unsaturated/α-hetero) is 1. The molecule has 1 aromatic rings. The van der Waals surface area contributed by atoms with Gasteiger partial charge in [-0.25, -0.2) is 0 Å². The van der Waals surface area contributed by atoms with Crippen LogP contribution in [-0.4, -0.2) is 18.0 Å². The monoisotopic (exact) mass is 270 g/mol. The van der Waals surface area contributed by atoms with E-state index in [-0.39, 0.29) is 23.9 Å². The highest BCUT2D eigenvalue weighted by Gasteiger charge is 2.44. The highest BCUT2D eigenvalue weighted by molar-refractivity contribution is 6.44. The molecule has 3 atom stereocenters. The standard InChI is InChI=1S/C13H12Cl2O2/c14-10-3-1-2-8(12(10)15)13(16)9-6-7-4-5-11(9)17-7/h1-3,7,9,11H,4-6H2. The van der Waals surface area contributed by atoms with Gasteiger partial charge in [-0.15, -0.1) is 0 Å². The van der Waals surface area contributed by atoms with Gasteiger partial charge in [0.2, 0.25) is 0 Å². The average Bonchev–Trinajstić information content (AvgIpc) is 2.94. The number of hydrogen-bond donors (Lipinski definition) is 0. The SMILES string of the molecule is O=C(c1cccc(Cl)c1Cl)C1CC2CCC1O2. The Morgan fingerprint density at radius 2 is 2.12 bits per heavy atom. The molecule has 17 heavy (non-hydrogen) atoms. The Hall–Kier alpha value is -0.570. The van der Waals surface area contributed by atoms with Crippen molar-refractivity contribution >= 4 is 29.0 Å². The lowest BCUT2D eigenvalue weighted by atomic mass is 9.84. The van der Waals surface area contributed by atoms with Gasteiger partial charge in [-0.1, -0.05) is 29.3 Å². The molecule has 3 rings (SSSR count). The first kappa shape index (κ1) is 11.5. The van der Waals surface area contributed by atoms with Crippen LogP contribution in [0, 0.1) is 5.92 Å². The Kier molecular flexibility index (Phi) is 2.89. The smallest absolute Gasteiger partial charge is 0.170 e. The van der Waals surface area contributed by atoms with E-state index in [1.807, 2.05) is 0 Å². The van der Waals surface area contributed by atoms with E-state index in [0.29, 0.717) is 15.6 Å². The van der Waals surface area contributed by atoms with Crippen LogP contribution in [0.5, 0.6) is 0 Å². The Morgan fingerprint density at radius 1 is 1.29 bits per heavy atom. The molecule has 4 heteroatoms. The van der Waals surface area contributed by atoms with Crippen LogP contribution in [-0.2, 0) is 4.74 Å². The van der Waals surface area contributed by atoms with Crippen molar-refractivity contribution in [3.8, 4) is 0 Å². The molecule has 0 radical (unpaired) electrons. The quantitative estimate of drug-likeness (QED) is 0.766. The molecule has 0 saturated carbocycles. The Bertz CT molecular complexity index is 472. The van der Waals surface area contributed by atoms with Crippen LogP contribution in [0.15, 0.2) is 18.2 Å². The third-order valence-corrected chi connectivity index (χ3v) is 4.48. The number of ether oxygens (including phenoxy) is 1. The van der Waals surface area contributed by atoms with E-state index in [0.717, 1.165) is 19.3 Å². The number of halogens is 2. The molecule has 2 aliphatic heterocycles. The first-order valence-electron chi connectivity index (χ1n) is 5.80. The van der Waals surface area contributed by atoms with E-state index in [2.05, 4.69) is 0 Å². The molecule has 0 aliphatic carbocycles. The van der Waals surface area contributed by atoms with Gasteiger partial charge in [0.15, 0.2) is 5.78 Å². The van der Waals surface area contributed by atoms with E-state index >= 15 is 0 Å². The minimum atomic E-state index is -0.0373. The van der Waals surface area contributed by atoms with Crippen LogP contribution in [0.4, 0.5) is 0 Å². The van der Waals surface area contributed by atoms with Crippen molar-refractivity contribution in [3.05, 3.63) is 33.8 Å². The lowest BCUT2D eigenvalue weighted by Gasteiger charge is -2.18. The van der Waals surface area contributed by atoms with Crippen LogP contribution in [0.3, 0.4) is 0 Å². The van der Waals surface area contributed by atoms with E-state index in [9.17, 15) is 4.79 Å². The average molecular weight is 271 g/mol. The molecule has 3 unspecified atom stereocenters. The maximum atomic E-state index is 12.4. The van der Waals surface area contributed by atoms with Gasteiger partial charge in [-0.3, -0.25) is 4.79 Å². The van der Waals surface area contributed by atoms with Crippen molar-refractivity contribution in [2.75, 3.05) is 0 Å². The third-order valence-electron chi connectivity index (χ3n) is 3.66. The van der Waals surface area contributed by atoms with Gasteiger partial charge in [-0.05, 0) is 31.4 Å². The molecule has 0 N–H and O–H groups in total. The summed E-state index contributed by atoms with van der Waals surface area (Å²) in [6, 6.07) is 5.19. The second-order valence-electron chi connectivity index (χ2n) is 4.68. The summed E-state index contributed by atoms with van der Waals surface area (Å²) in [6.45, 7) is 0. The summed E-state index contributed by atoms with van der Waals surface area (Å²) in [4.78, 5) is 12.4. The fourth-order valence-corrected chi connectivity index (χ4v) is 3.20. The van der Waals surface area contributed by atoms with Crippen LogP contribution in [0.1, 0.15) is 29.6 Å². The Balaban J connectivity index is 1.89. The van der Waals surface area contributed by atoms with Crippen molar-refractivity contribution in [3.63, 3.8) is 0 Å². The summed E-state index contributed by atoms with van der Waals surface area (Å²) in [5.74, 6) is 0.0365. The highest BCUT2D eigenvalue weighted by Crippen LogP contribution is 2.41. The normalized spacial score (nSPS) is 30.8. The zero-order chi connectivity index (χ0) is 12.0. The molecule has 2 heterocycles. The fourth-order valence-electron chi connectivity index (χ4n) is 2.81. The summed E-state index contributed by atoms with van der Waals surface area (Å²) in [5.41, 5.74) is 0.528. The number of ketones is 1. The molecular weight excluding hydrogens is 259 g/mol. The largest absolute Gasteiger partial charge is 0.374 e. The van der Waals surface area contributed by atoms with Crippen molar-refractivity contribution < 1.29 is 9.53 Å². The highest BCUT2D eigenvalue weighted by atomic mass is 35.5. The predicted octanol–water partition coefficient (Wildman–Crippen LogP) is 3.74. The number of carbonyl (C=O) groups is 1. The molecule has 2 fully saturated rings. The molecule has 2 nitrogen and oxygen atoms in total. The van der Waals surface area contributed by atoms with Crippen LogP contribution < -0.4 is 0 Å². The Morgan fingerprint density at radius 3 is 2.76 bits per heavy atom. The van der Waals surface area contributed by atoms with E-state index in [4.69, 9.17) is 27.9 Å². The fraction of sp³-hybridized carbons (Fsp3) is 0.462. The first-order chi connectivity index (χ1) is 8.16. The maximum Gasteiger partial charge on any atom is 0.170 e. The number of benzene rings is 1. The lowest BCUT2D eigenvalue weighted by Crippen LogP contribution is -2.25. The van der Waals surface area contributed by atoms with E-state index in [1.165, 1.54) is 0 Å². The predicted molar refractivity (Wildman–Crippen MR) is 66.8 cm³/mol. The summed E-state index contributed by atoms with van der Waals surface area (Å²) in [5, 5.41) is 0.795. The molecule has 0 aromatic heterocycles. The maximum absolute atomic E-state index is 12.4. The van der Waals surface area contributed by atoms with Gasteiger partial charge >= 0.3 is 0 Å². The topological polar surface area (TPSA) is 26.3 Å². The van der Waals surface area contributed by atoms with Gasteiger partial charge in [0, 0.05) is 5.56 Å². The van der Waals surface area contributed by atoms with Crippen LogP contribution in [0.25, 0.3) is 0 Å². The Labute approximate surface area is 110 Å². The summed E-state index contributed by atoms with van der Waals surface area (Å²) >= 11 is 12.0. The molecule has 2 aliphatic rings. The summed E-state index contributed by atoms with van der Waals surface area (Å²) < 4.78 is 5.70. The van der Waals surface area contributed by atoms with Crippen LogP contribution in [0.2, 0.25) is 10.0 Å². The van der Waals surface area contributed by atoms with Gasteiger partial charge < -0.3 is 4.74 Å². The second-order valence-corrected chi connectivity index (χ2v) is 5.47.